The van der Waals surface area contributed by atoms with Crippen LogP contribution in [0.1, 0.15) is 59.8 Å². The van der Waals surface area contributed by atoms with Crippen molar-refractivity contribution in [2.24, 2.45) is 5.11 Å². The van der Waals surface area contributed by atoms with E-state index in [9.17, 15) is 29.5 Å². The minimum Gasteiger partial charge on any atom is -0.497 e. The number of nitrogens with one attached hydrogen (secondary N) is 2. The maximum Gasteiger partial charge on any atom is 0.407 e. The Morgan fingerprint density at radius 2 is 1.52 bits per heavy atom. The highest BCUT2D eigenvalue weighted by Crippen LogP contribution is 2.41. The Hall–Kier alpha value is -5.15. The topological polar surface area (TPSA) is 250 Å². The van der Waals surface area contributed by atoms with Crippen LogP contribution in [0, 0.1) is 0 Å². The summed E-state index contributed by atoms with van der Waals surface area (Å²) >= 11 is 1.25. The normalized spacial score (nSPS) is 28.4. The van der Waals surface area contributed by atoms with Crippen LogP contribution >= 0.6 is 11.8 Å². The fraction of sp³-hybridized carbons (Fsp3) is 0.575. The molecule has 20 nitrogen and oxygen atoms in total. The Bertz CT molecular complexity index is 1880. The number of rotatable bonds is 15. The highest BCUT2D eigenvalue weighted by molar-refractivity contribution is 7.99. The van der Waals surface area contributed by atoms with Crippen molar-refractivity contribution in [2.75, 3.05) is 26.9 Å². The number of carbonyl (C=O) groups is 5. The van der Waals surface area contributed by atoms with Gasteiger partial charge in [-0.25, -0.2) is 4.79 Å². The molecule has 3 aliphatic rings. The number of azide groups is 1. The van der Waals surface area contributed by atoms with Crippen LogP contribution < -0.4 is 15.4 Å². The van der Waals surface area contributed by atoms with Crippen LogP contribution in [0.2, 0.25) is 0 Å². The van der Waals surface area contributed by atoms with Crippen molar-refractivity contribution in [3.8, 4) is 5.75 Å². The first-order valence-electron chi connectivity index (χ1n) is 19.4. The quantitative estimate of drug-likeness (QED) is 0.0634. The van der Waals surface area contributed by atoms with Gasteiger partial charge in [-0.2, -0.15) is 0 Å². The molecule has 2 N–H and O–H groups in total. The summed E-state index contributed by atoms with van der Waals surface area (Å²) in [5, 5.41) is 9.24. The standard InChI is InChI=1S/C40H51N5O15S/c1-21(46)54-31-32(55-22(2)47)34(56-23(3)48)36(44-45-41)58-33(31)35(49)43-28-30(52-19-11-18-42-39(50)60-40(4,5)6)29-27(20-53-37(59-29)24-12-9-8-10-13-24)57-38(28)61-26-16-14-25(51-7)15-17-26/h8-10,12-17,27-34,36-38H,11,18-20H2,1-7H3,(H,42,50)(H,43,49)/t27?,28?,29-,30+,31+,32-,33?,34?,36+,37?,38-/m0/s1. The molecule has 3 heterocycles. The van der Waals surface area contributed by atoms with Crippen molar-refractivity contribution in [3.05, 3.63) is 70.6 Å². The zero-order valence-electron chi connectivity index (χ0n) is 34.7. The van der Waals surface area contributed by atoms with Crippen LogP contribution in [-0.2, 0) is 61.8 Å². The van der Waals surface area contributed by atoms with E-state index in [0.717, 1.165) is 31.2 Å². The molecule has 0 aromatic heterocycles. The van der Waals surface area contributed by atoms with Gasteiger partial charge in [0.2, 0.25) is 0 Å². The van der Waals surface area contributed by atoms with Gasteiger partial charge in [0.15, 0.2) is 36.9 Å². The lowest BCUT2D eigenvalue weighted by atomic mass is 9.94. The first-order valence-corrected chi connectivity index (χ1v) is 20.3. The number of hydrogen-bond donors (Lipinski definition) is 2. The minimum atomic E-state index is -1.81. The Morgan fingerprint density at radius 1 is 0.869 bits per heavy atom. The monoisotopic (exact) mass is 873 g/mol. The van der Waals surface area contributed by atoms with Gasteiger partial charge in [-0.3, -0.25) is 19.2 Å². The SMILES string of the molecule is COc1ccc(S[C@@H]2OC3COC(c4ccccc4)O[C@@H]3[C@H](OCCCNC(=O)OC(C)(C)C)C2NC(=O)C2O[C@@H](N=[N+]=[N-])C(OC(C)=O)[C@@H](OC(C)=O)[C@H]2OC(C)=O)cc1. The second-order valence-electron chi connectivity index (χ2n) is 15.0. The van der Waals surface area contributed by atoms with Crippen molar-refractivity contribution < 1.29 is 71.3 Å². The predicted molar refractivity (Wildman–Crippen MR) is 213 cm³/mol. The van der Waals surface area contributed by atoms with Crippen LogP contribution in [0.3, 0.4) is 0 Å². The number of ether oxygens (including phenoxy) is 10. The third-order valence-corrected chi connectivity index (χ3v) is 10.4. The van der Waals surface area contributed by atoms with E-state index in [2.05, 4.69) is 20.7 Å². The summed E-state index contributed by atoms with van der Waals surface area (Å²) in [6, 6.07) is 15.3. The van der Waals surface area contributed by atoms with Crippen LogP contribution in [-0.4, -0.2) is 123 Å². The number of fused-ring (bicyclic) bond motifs is 1. The van der Waals surface area contributed by atoms with E-state index < -0.39 is 102 Å². The molecule has 5 unspecified atom stereocenters. The lowest BCUT2D eigenvalue weighted by Gasteiger charge is -2.50. The molecule has 3 aliphatic heterocycles. The van der Waals surface area contributed by atoms with Crippen molar-refractivity contribution in [1.29, 1.82) is 0 Å². The van der Waals surface area contributed by atoms with Crippen molar-refractivity contribution in [3.63, 3.8) is 0 Å². The third-order valence-electron chi connectivity index (χ3n) is 9.17. The zero-order chi connectivity index (χ0) is 44.3. The lowest BCUT2D eigenvalue weighted by Crippen LogP contribution is -2.69. The fourth-order valence-corrected chi connectivity index (χ4v) is 7.91. The van der Waals surface area contributed by atoms with Gasteiger partial charge in [0.25, 0.3) is 5.91 Å². The van der Waals surface area contributed by atoms with Gasteiger partial charge in [0.05, 0.1) is 19.8 Å². The summed E-state index contributed by atoms with van der Waals surface area (Å²) in [6.07, 6.45) is -12.2. The fourth-order valence-electron chi connectivity index (χ4n) is 6.78. The number of hydrogen-bond acceptors (Lipinski definition) is 17. The van der Waals surface area contributed by atoms with E-state index in [1.165, 1.54) is 18.9 Å². The minimum absolute atomic E-state index is 0.0593. The highest BCUT2D eigenvalue weighted by Gasteiger charge is 2.56. The Balaban J connectivity index is 1.52. The molecule has 332 valence electrons. The summed E-state index contributed by atoms with van der Waals surface area (Å²) in [7, 11) is 1.54. The number of thioether (sulfide) groups is 1. The number of nitrogens with zero attached hydrogens (tertiary/aromatic N) is 3. The molecule has 2 aromatic rings. The molecule has 2 aromatic carbocycles. The average Bonchev–Trinajstić information content (AvgIpc) is 3.20. The summed E-state index contributed by atoms with van der Waals surface area (Å²) < 4.78 is 58.9. The molecule has 11 atom stereocenters. The van der Waals surface area contributed by atoms with Crippen molar-refractivity contribution in [2.45, 2.75) is 125 Å². The maximum absolute atomic E-state index is 14.7. The van der Waals surface area contributed by atoms with Gasteiger partial charge in [-0.05, 0) is 57.0 Å². The number of alkyl carbamates (subject to hydrolysis) is 1. The predicted octanol–water partition coefficient (Wildman–Crippen LogP) is 4.24. The van der Waals surface area contributed by atoms with E-state index >= 15 is 0 Å². The Morgan fingerprint density at radius 3 is 2.15 bits per heavy atom. The number of amides is 2. The molecule has 0 spiro atoms. The molecule has 5 rings (SSSR count). The van der Waals surface area contributed by atoms with Gasteiger partial charge in [0, 0.05) is 49.3 Å². The molecule has 61 heavy (non-hydrogen) atoms. The molecule has 2 amide bonds. The van der Waals surface area contributed by atoms with E-state index in [1.54, 1.807) is 45.0 Å². The van der Waals surface area contributed by atoms with E-state index in [0.29, 0.717) is 12.2 Å². The third kappa shape index (κ3) is 13.2. The summed E-state index contributed by atoms with van der Waals surface area (Å²) in [4.78, 5) is 67.7. The van der Waals surface area contributed by atoms with Crippen LogP contribution in [0.15, 0.2) is 64.6 Å². The molecule has 0 radical (unpaired) electrons. The van der Waals surface area contributed by atoms with Gasteiger partial charge in [-0.1, -0.05) is 47.2 Å². The number of esters is 3. The summed E-state index contributed by atoms with van der Waals surface area (Å²) in [5.41, 5.74) is 8.55. The van der Waals surface area contributed by atoms with E-state index in [4.69, 9.17) is 47.4 Å². The van der Waals surface area contributed by atoms with Gasteiger partial charge < -0.3 is 58.0 Å². The molecule has 0 bridgehead atoms. The van der Waals surface area contributed by atoms with Crippen LogP contribution in [0.4, 0.5) is 4.79 Å². The first-order chi connectivity index (χ1) is 29.1. The average molecular weight is 874 g/mol. The summed E-state index contributed by atoms with van der Waals surface area (Å²) in [5.74, 6) is -2.97. The second-order valence-corrected chi connectivity index (χ2v) is 16.2. The largest absolute Gasteiger partial charge is 0.497 e. The summed E-state index contributed by atoms with van der Waals surface area (Å²) in [6.45, 7) is 8.76. The van der Waals surface area contributed by atoms with Gasteiger partial charge in [-0.15, -0.1) is 0 Å². The molecule has 0 aliphatic carbocycles. The highest BCUT2D eigenvalue weighted by atomic mass is 32.2. The molecular weight excluding hydrogens is 823 g/mol. The molecule has 3 saturated heterocycles. The van der Waals surface area contributed by atoms with E-state index in [-0.39, 0.29) is 19.8 Å². The molecule has 3 fully saturated rings. The van der Waals surface area contributed by atoms with Gasteiger partial charge in [0.1, 0.15) is 35.1 Å². The zero-order valence-corrected chi connectivity index (χ0v) is 35.6. The number of carbonyl (C=O) groups excluding carboxylic acids is 5. The Kier molecular flexibility index (Phi) is 16.6. The molecular formula is C40H51N5O15S. The number of methoxy groups -OCH3 is 1. The maximum atomic E-state index is 14.7. The van der Waals surface area contributed by atoms with Crippen molar-refractivity contribution >= 4 is 41.7 Å². The first kappa shape index (κ1) is 46.9. The van der Waals surface area contributed by atoms with Crippen LogP contribution in [0.25, 0.3) is 10.4 Å². The smallest absolute Gasteiger partial charge is 0.407 e. The number of benzene rings is 2. The second kappa shape index (κ2) is 21.6. The molecule has 21 heteroatoms. The molecule has 0 saturated carbocycles. The van der Waals surface area contributed by atoms with Crippen molar-refractivity contribution in [1.82, 2.24) is 10.6 Å². The van der Waals surface area contributed by atoms with E-state index in [1.807, 2.05) is 30.3 Å². The Labute approximate surface area is 356 Å². The van der Waals surface area contributed by atoms with Crippen LogP contribution in [0.5, 0.6) is 5.75 Å². The lowest BCUT2D eigenvalue weighted by molar-refractivity contribution is -0.312. The van der Waals surface area contributed by atoms with Gasteiger partial charge >= 0.3 is 24.0 Å².